The van der Waals surface area contributed by atoms with Crippen LogP contribution in [0.15, 0.2) is 74.7 Å². The second-order valence-corrected chi connectivity index (χ2v) is 8.64. The molecule has 1 aliphatic heterocycles. The second kappa shape index (κ2) is 12.9. The average molecular weight is 512 g/mol. The monoisotopic (exact) mass is 511 g/mol. The summed E-state index contributed by atoms with van der Waals surface area (Å²) in [7, 11) is 4.04. The number of nitrogens with one attached hydrogen (secondary N) is 2. The molecule has 0 saturated carbocycles. The van der Waals surface area contributed by atoms with E-state index in [0.717, 1.165) is 23.2 Å². The Morgan fingerprint density at radius 3 is 2.86 bits per heavy atom. The Bertz CT molecular complexity index is 1200. The highest BCUT2D eigenvalue weighted by atomic mass is 35.5. The Labute approximate surface area is 216 Å². The Morgan fingerprint density at radius 1 is 1.17 bits per heavy atom. The Hall–Kier alpha value is -3.63. The molecule has 2 heterocycles. The number of hydrogen-bond acceptors (Lipinski definition) is 8. The Balaban J connectivity index is 0.00000361. The van der Waals surface area contributed by atoms with Crippen molar-refractivity contribution in [1.82, 2.24) is 25.7 Å². The summed E-state index contributed by atoms with van der Waals surface area (Å²) in [6.07, 6.45) is 8.72. The molecule has 0 radical (unpaired) electrons. The highest BCUT2D eigenvalue weighted by Crippen LogP contribution is 2.27. The number of fused-ring (bicyclic) bond motifs is 1. The number of carbonyl (C=O) groups excluding carboxylic acids is 2. The van der Waals surface area contributed by atoms with Gasteiger partial charge in [-0.2, -0.15) is 4.98 Å². The van der Waals surface area contributed by atoms with Gasteiger partial charge in [-0.25, -0.2) is 0 Å². The number of carbonyl (C=O) groups is 2. The minimum Gasteiger partial charge on any atom is -0.368 e. The van der Waals surface area contributed by atoms with Gasteiger partial charge < -0.3 is 20.1 Å². The zero-order chi connectivity index (χ0) is 24.6. The zero-order valence-electron chi connectivity index (χ0n) is 20.3. The van der Waals surface area contributed by atoms with Crippen LogP contribution in [-0.2, 0) is 22.6 Å². The lowest BCUT2D eigenvalue weighted by atomic mass is 9.93. The normalized spacial score (nSPS) is 16.2. The number of nitrogens with zero attached hydrogens (tertiary/aromatic N) is 5. The fourth-order valence-corrected chi connectivity index (χ4v) is 3.82. The van der Waals surface area contributed by atoms with Crippen molar-refractivity contribution in [3.05, 3.63) is 71.4 Å². The Morgan fingerprint density at radius 2 is 2.03 bits per heavy atom. The lowest BCUT2D eigenvalue weighted by molar-refractivity contribution is -0.121. The molecule has 190 valence electrons. The van der Waals surface area contributed by atoms with Crippen LogP contribution < -0.4 is 10.6 Å². The summed E-state index contributed by atoms with van der Waals surface area (Å²) in [6.45, 7) is 1.93. The van der Waals surface area contributed by atoms with E-state index in [9.17, 15) is 9.59 Å². The van der Waals surface area contributed by atoms with E-state index in [-0.39, 0.29) is 36.6 Å². The van der Waals surface area contributed by atoms with Crippen molar-refractivity contribution >= 4 is 24.2 Å². The maximum atomic E-state index is 12.2. The summed E-state index contributed by atoms with van der Waals surface area (Å²) in [5.41, 5.74) is 2.87. The number of hydrogen-bond donors (Lipinski definition) is 2. The van der Waals surface area contributed by atoms with E-state index in [1.54, 1.807) is 0 Å². The number of rotatable bonds is 11. The first-order chi connectivity index (χ1) is 17.0. The van der Waals surface area contributed by atoms with E-state index in [1.165, 1.54) is 0 Å². The molecule has 4 rings (SSSR count). The average Bonchev–Trinajstić information content (AvgIpc) is 3.33. The van der Waals surface area contributed by atoms with Gasteiger partial charge in [0, 0.05) is 43.6 Å². The molecule has 1 aromatic heterocycles. The number of aryl methyl sites for hydroxylation is 1. The molecule has 2 aromatic rings. The van der Waals surface area contributed by atoms with Gasteiger partial charge in [0.1, 0.15) is 0 Å². The maximum absolute atomic E-state index is 12.2. The van der Waals surface area contributed by atoms with Gasteiger partial charge in [-0.1, -0.05) is 47.7 Å². The summed E-state index contributed by atoms with van der Waals surface area (Å²) in [5, 5.41) is 17.8. The van der Waals surface area contributed by atoms with Crippen molar-refractivity contribution < 1.29 is 14.1 Å². The van der Waals surface area contributed by atoms with E-state index in [0.29, 0.717) is 43.5 Å². The molecule has 0 fully saturated rings. The molecule has 2 aliphatic rings. The topological polar surface area (TPSA) is 125 Å². The van der Waals surface area contributed by atoms with Crippen LogP contribution in [0.1, 0.15) is 24.3 Å². The van der Waals surface area contributed by atoms with Gasteiger partial charge in [-0.15, -0.1) is 22.6 Å². The first kappa shape index (κ1) is 27.0. The standard InChI is InChI=1S/C25H29N7O3.ClH/c1-32(2)16-17-7-5-8-18(15-17)23-28-22(35-31-23)12-11-21(33)26-13-6-14-27-24-19-9-3-4-10-20(19)25(34)30-29-24;/h3-5,7-10,15,20,27H,6,11-14,16H2,1-2H3,(H,26,33);1H. The van der Waals surface area contributed by atoms with E-state index in [4.69, 9.17) is 4.52 Å². The summed E-state index contributed by atoms with van der Waals surface area (Å²) in [6, 6.07) is 8.02. The van der Waals surface area contributed by atoms with Crippen LogP contribution in [0.3, 0.4) is 0 Å². The smallest absolute Gasteiger partial charge is 0.276 e. The molecule has 1 atom stereocenters. The third-order valence-electron chi connectivity index (χ3n) is 5.50. The first-order valence-corrected chi connectivity index (χ1v) is 11.6. The predicted molar refractivity (Wildman–Crippen MR) is 137 cm³/mol. The minimum atomic E-state index is -0.369. The van der Waals surface area contributed by atoms with Crippen LogP contribution in [0.25, 0.3) is 11.4 Å². The van der Waals surface area contributed by atoms with E-state index in [2.05, 4.69) is 42.0 Å². The van der Waals surface area contributed by atoms with Crippen molar-refractivity contribution in [2.75, 3.05) is 27.2 Å². The van der Waals surface area contributed by atoms with Crippen molar-refractivity contribution in [2.45, 2.75) is 25.8 Å². The molecule has 36 heavy (non-hydrogen) atoms. The molecule has 1 aromatic carbocycles. The van der Waals surface area contributed by atoms with Crippen LogP contribution >= 0.6 is 12.4 Å². The van der Waals surface area contributed by atoms with Crippen LogP contribution in [0, 0.1) is 5.92 Å². The van der Waals surface area contributed by atoms with Crippen LogP contribution in [-0.4, -0.2) is 54.0 Å². The van der Waals surface area contributed by atoms with E-state index in [1.807, 2.05) is 56.6 Å². The minimum absolute atomic E-state index is 0. The number of allylic oxidation sites excluding steroid dienone is 3. The van der Waals surface area contributed by atoms with E-state index >= 15 is 0 Å². The van der Waals surface area contributed by atoms with Gasteiger partial charge >= 0.3 is 0 Å². The van der Waals surface area contributed by atoms with Crippen LogP contribution in [0.2, 0.25) is 0 Å². The second-order valence-electron chi connectivity index (χ2n) is 8.64. The number of halogens is 1. The number of amides is 2. The lowest BCUT2D eigenvalue weighted by Gasteiger charge is -2.20. The van der Waals surface area contributed by atoms with Crippen molar-refractivity contribution in [2.24, 2.45) is 16.1 Å². The highest BCUT2D eigenvalue weighted by Gasteiger charge is 2.26. The Kier molecular flexibility index (Phi) is 9.66. The van der Waals surface area contributed by atoms with Crippen LogP contribution in [0.5, 0.6) is 0 Å². The molecular weight excluding hydrogens is 482 g/mol. The van der Waals surface area contributed by atoms with Crippen molar-refractivity contribution in [3.63, 3.8) is 0 Å². The summed E-state index contributed by atoms with van der Waals surface area (Å²) < 4.78 is 5.33. The molecular formula is C25H30ClN7O3. The van der Waals surface area contributed by atoms with Crippen molar-refractivity contribution in [1.29, 1.82) is 0 Å². The maximum Gasteiger partial charge on any atom is 0.276 e. The summed E-state index contributed by atoms with van der Waals surface area (Å²) in [5.74, 6) is 0.847. The van der Waals surface area contributed by atoms with Gasteiger partial charge in [0.25, 0.3) is 5.91 Å². The van der Waals surface area contributed by atoms with Gasteiger partial charge in [0.15, 0.2) is 5.82 Å². The quantitative estimate of drug-likeness (QED) is 0.444. The third-order valence-corrected chi connectivity index (χ3v) is 5.50. The highest BCUT2D eigenvalue weighted by molar-refractivity contribution is 5.86. The number of benzene rings is 1. The van der Waals surface area contributed by atoms with Crippen LogP contribution in [0.4, 0.5) is 0 Å². The molecule has 2 amide bonds. The summed E-state index contributed by atoms with van der Waals surface area (Å²) in [4.78, 5) is 30.6. The van der Waals surface area contributed by atoms with Crippen molar-refractivity contribution in [3.8, 4) is 11.4 Å². The fraction of sp³-hybridized carbons (Fsp3) is 0.360. The largest absolute Gasteiger partial charge is 0.368 e. The lowest BCUT2D eigenvalue weighted by Crippen LogP contribution is -2.28. The predicted octanol–water partition coefficient (Wildman–Crippen LogP) is 3.19. The molecule has 0 saturated heterocycles. The fourth-order valence-electron chi connectivity index (χ4n) is 3.82. The van der Waals surface area contributed by atoms with E-state index < -0.39 is 0 Å². The molecule has 1 aliphatic carbocycles. The third kappa shape index (κ3) is 7.19. The van der Waals surface area contributed by atoms with Gasteiger partial charge in [0.2, 0.25) is 17.6 Å². The zero-order valence-corrected chi connectivity index (χ0v) is 21.1. The molecule has 2 N–H and O–H groups in total. The number of aromatic nitrogens is 2. The molecule has 11 heteroatoms. The SMILES string of the molecule is CN(C)Cc1cccc(-c2noc(CCC(=O)NCCCNC3=C4C=CC=CC4C(=O)N=N3)n2)c1.Cl. The molecule has 1 unspecified atom stereocenters. The molecule has 0 bridgehead atoms. The number of azo groups is 1. The summed E-state index contributed by atoms with van der Waals surface area (Å²) >= 11 is 0. The van der Waals surface area contributed by atoms with Gasteiger partial charge in [0.05, 0.1) is 5.92 Å². The first-order valence-electron chi connectivity index (χ1n) is 11.6. The van der Waals surface area contributed by atoms with Gasteiger partial charge in [-0.3, -0.25) is 9.59 Å². The molecule has 10 nitrogen and oxygen atoms in total. The van der Waals surface area contributed by atoms with Gasteiger partial charge in [-0.05, 0) is 32.1 Å². The molecule has 0 spiro atoms.